The fourth-order valence-electron chi connectivity index (χ4n) is 1.79. The van der Waals surface area contributed by atoms with E-state index in [-0.39, 0.29) is 23.8 Å². The number of carbonyl (C=O) groups excluding carboxylic acids is 1. The molecular weight excluding hydrogens is 297 g/mol. The summed E-state index contributed by atoms with van der Waals surface area (Å²) in [6, 6.07) is 5.39. The van der Waals surface area contributed by atoms with Gasteiger partial charge < -0.3 is 10.6 Å². The lowest BCUT2D eigenvalue weighted by molar-refractivity contribution is -0.384. The Morgan fingerprint density at radius 1 is 1.43 bits per heavy atom. The van der Waals surface area contributed by atoms with Gasteiger partial charge in [-0.1, -0.05) is 6.07 Å². The van der Waals surface area contributed by atoms with Crippen LogP contribution in [0.4, 0.5) is 21.5 Å². The van der Waals surface area contributed by atoms with Gasteiger partial charge in [-0.2, -0.15) is 0 Å². The largest absolute Gasteiger partial charge is 0.372 e. The Bertz CT molecular complexity index is 687. The van der Waals surface area contributed by atoms with Crippen molar-refractivity contribution in [2.24, 2.45) is 0 Å². The molecule has 1 aromatic heterocycles. The summed E-state index contributed by atoms with van der Waals surface area (Å²) in [5.41, 5.74) is 0.122. The number of benzene rings is 1. The Hall–Kier alpha value is -2.48. The van der Waals surface area contributed by atoms with Crippen molar-refractivity contribution in [3.05, 3.63) is 50.5 Å². The zero-order chi connectivity index (χ0) is 15.4. The highest BCUT2D eigenvalue weighted by Gasteiger charge is 2.18. The maximum Gasteiger partial charge on any atom is 0.295 e. The molecule has 0 aliphatic carbocycles. The van der Waals surface area contributed by atoms with Crippen molar-refractivity contribution < 1.29 is 14.1 Å². The van der Waals surface area contributed by atoms with Crippen molar-refractivity contribution in [2.75, 3.05) is 10.6 Å². The Balaban J connectivity index is 2.19. The molecule has 2 rings (SSSR count). The van der Waals surface area contributed by atoms with Gasteiger partial charge in [0, 0.05) is 17.9 Å². The van der Waals surface area contributed by atoms with Crippen LogP contribution in [0.5, 0.6) is 0 Å². The van der Waals surface area contributed by atoms with Crippen molar-refractivity contribution in [2.45, 2.75) is 13.5 Å². The smallest absolute Gasteiger partial charge is 0.295 e. The van der Waals surface area contributed by atoms with Gasteiger partial charge in [-0.25, -0.2) is 4.39 Å². The predicted molar refractivity (Wildman–Crippen MR) is 79.0 cm³/mol. The number of nitrogens with one attached hydrogen (secondary N) is 2. The summed E-state index contributed by atoms with van der Waals surface area (Å²) in [7, 11) is 0. The lowest BCUT2D eigenvalue weighted by Crippen LogP contribution is -2.09. The molecular formula is C13H12FN3O3S. The highest BCUT2D eigenvalue weighted by Crippen LogP contribution is 2.29. The molecule has 110 valence electrons. The summed E-state index contributed by atoms with van der Waals surface area (Å²) in [6.45, 7) is 1.56. The molecule has 0 unspecified atom stereocenters. The zero-order valence-electron chi connectivity index (χ0n) is 11.1. The Morgan fingerprint density at radius 2 is 2.19 bits per heavy atom. The van der Waals surface area contributed by atoms with Crippen LogP contribution in [0.15, 0.2) is 29.6 Å². The molecule has 0 spiro atoms. The van der Waals surface area contributed by atoms with Crippen LogP contribution in [0.25, 0.3) is 0 Å². The first-order valence-corrected chi connectivity index (χ1v) is 6.87. The first-order valence-electron chi connectivity index (χ1n) is 5.99. The molecule has 0 radical (unpaired) electrons. The molecule has 8 heteroatoms. The average Bonchev–Trinajstić information content (AvgIpc) is 2.83. The number of para-hydroxylation sites is 1. The second-order valence-corrected chi connectivity index (χ2v) is 5.18. The summed E-state index contributed by atoms with van der Waals surface area (Å²) in [6.07, 6.45) is 0. The number of amides is 1. The van der Waals surface area contributed by atoms with Crippen LogP contribution in [0, 0.1) is 15.9 Å². The number of halogens is 1. The highest BCUT2D eigenvalue weighted by atomic mass is 32.1. The van der Waals surface area contributed by atoms with Crippen molar-refractivity contribution >= 4 is 34.3 Å². The van der Waals surface area contributed by atoms with Gasteiger partial charge in [-0.15, -0.1) is 11.3 Å². The van der Waals surface area contributed by atoms with Crippen molar-refractivity contribution in [1.82, 2.24) is 0 Å². The van der Waals surface area contributed by atoms with E-state index in [4.69, 9.17) is 0 Å². The molecule has 0 aliphatic heterocycles. The van der Waals surface area contributed by atoms with E-state index < -0.39 is 10.7 Å². The first-order chi connectivity index (χ1) is 9.99. The summed E-state index contributed by atoms with van der Waals surface area (Å²) < 4.78 is 13.7. The van der Waals surface area contributed by atoms with Crippen LogP contribution in [0.1, 0.15) is 11.8 Å². The van der Waals surface area contributed by atoms with E-state index in [1.165, 1.54) is 30.4 Å². The number of anilines is 2. The maximum atomic E-state index is 13.7. The number of thiophene rings is 1. The van der Waals surface area contributed by atoms with E-state index in [0.29, 0.717) is 5.69 Å². The van der Waals surface area contributed by atoms with E-state index in [9.17, 15) is 19.3 Å². The third kappa shape index (κ3) is 3.54. The molecule has 0 saturated heterocycles. The fourth-order valence-corrected chi connectivity index (χ4v) is 2.56. The molecule has 1 heterocycles. The summed E-state index contributed by atoms with van der Waals surface area (Å²) in [4.78, 5) is 22.1. The summed E-state index contributed by atoms with van der Waals surface area (Å²) in [5, 5.41) is 18.0. The molecule has 2 N–H and O–H groups in total. The van der Waals surface area contributed by atoms with Gasteiger partial charge in [-0.05, 0) is 17.5 Å². The normalized spacial score (nSPS) is 10.2. The van der Waals surface area contributed by atoms with Gasteiger partial charge >= 0.3 is 0 Å². The summed E-state index contributed by atoms with van der Waals surface area (Å²) >= 11 is 1.36. The van der Waals surface area contributed by atoms with Crippen LogP contribution >= 0.6 is 11.3 Å². The third-order valence-electron chi connectivity index (χ3n) is 2.67. The molecule has 2 aromatic rings. The van der Waals surface area contributed by atoms with Gasteiger partial charge in [0.2, 0.25) is 5.91 Å². The number of hydrogen-bond donors (Lipinski definition) is 2. The average molecular weight is 309 g/mol. The Labute approximate surface area is 123 Å². The van der Waals surface area contributed by atoms with E-state index >= 15 is 0 Å². The minimum Gasteiger partial charge on any atom is -0.372 e. The molecule has 6 nitrogen and oxygen atoms in total. The number of nitrogens with zero attached hydrogens (tertiary/aromatic N) is 1. The van der Waals surface area contributed by atoms with Crippen LogP contribution in [-0.2, 0) is 11.3 Å². The van der Waals surface area contributed by atoms with Crippen LogP contribution < -0.4 is 10.6 Å². The van der Waals surface area contributed by atoms with Crippen molar-refractivity contribution in [3.8, 4) is 0 Å². The second-order valence-electron chi connectivity index (χ2n) is 4.18. The Kier molecular flexibility index (Phi) is 4.49. The molecule has 0 atom stereocenters. The molecule has 0 saturated carbocycles. The van der Waals surface area contributed by atoms with Crippen LogP contribution in [0.2, 0.25) is 0 Å². The van der Waals surface area contributed by atoms with Crippen LogP contribution in [0.3, 0.4) is 0 Å². The second kappa shape index (κ2) is 6.31. The number of hydrogen-bond acceptors (Lipinski definition) is 5. The van der Waals surface area contributed by atoms with E-state index in [1.807, 2.05) is 0 Å². The van der Waals surface area contributed by atoms with E-state index in [1.54, 1.807) is 11.4 Å². The number of carbonyl (C=O) groups is 1. The lowest BCUT2D eigenvalue weighted by atomic mass is 10.2. The van der Waals surface area contributed by atoms with Gasteiger partial charge in [0.25, 0.3) is 5.69 Å². The minimum atomic E-state index is -0.693. The van der Waals surface area contributed by atoms with E-state index in [2.05, 4.69) is 10.6 Å². The molecule has 1 aromatic carbocycles. The van der Waals surface area contributed by atoms with Gasteiger partial charge in [-0.3, -0.25) is 14.9 Å². The van der Waals surface area contributed by atoms with Gasteiger partial charge in [0.1, 0.15) is 5.69 Å². The van der Waals surface area contributed by atoms with E-state index in [0.717, 1.165) is 10.9 Å². The van der Waals surface area contributed by atoms with Gasteiger partial charge in [0.15, 0.2) is 5.82 Å². The first kappa shape index (κ1) is 14.9. The van der Waals surface area contributed by atoms with Gasteiger partial charge in [0.05, 0.1) is 17.2 Å². The zero-order valence-corrected chi connectivity index (χ0v) is 11.9. The summed E-state index contributed by atoms with van der Waals surface area (Å²) in [5.74, 6) is -0.909. The number of nitro benzene ring substituents is 1. The molecule has 0 aliphatic rings. The fraction of sp³-hybridized carbons (Fsp3) is 0.154. The molecule has 0 fully saturated rings. The van der Waals surface area contributed by atoms with Crippen LogP contribution in [-0.4, -0.2) is 10.8 Å². The monoisotopic (exact) mass is 309 g/mol. The van der Waals surface area contributed by atoms with Crippen molar-refractivity contribution in [3.63, 3.8) is 0 Å². The quantitative estimate of drug-likeness (QED) is 0.655. The maximum absolute atomic E-state index is 13.7. The predicted octanol–water partition coefficient (Wildman–Crippen LogP) is 3.37. The third-order valence-corrected chi connectivity index (χ3v) is 3.59. The standard InChI is InChI=1S/C13H12FN3O3S/c1-8(18)16-10-5-6-21-12(10)7-15-13-9(14)3-2-4-11(13)17(19)20/h2-6,15H,7H2,1H3,(H,16,18). The Morgan fingerprint density at radius 3 is 2.86 bits per heavy atom. The van der Waals surface area contributed by atoms with Crippen molar-refractivity contribution in [1.29, 1.82) is 0 Å². The number of nitro groups is 1. The molecule has 21 heavy (non-hydrogen) atoms. The lowest BCUT2D eigenvalue weighted by Gasteiger charge is -2.09. The minimum absolute atomic E-state index is 0.162. The molecule has 1 amide bonds. The molecule has 0 bridgehead atoms. The number of rotatable bonds is 5. The SMILES string of the molecule is CC(=O)Nc1ccsc1CNc1c(F)cccc1[N+](=O)[O-]. The highest BCUT2D eigenvalue weighted by molar-refractivity contribution is 7.10. The topological polar surface area (TPSA) is 84.3 Å².